The molecule has 1 fully saturated rings. The van der Waals surface area contributed by atoms with Gasteiger partial charge in [-0.1, -0.05) is 57.6 Å². The lowest BCUT2D eigenvalue weighted by Crippen LogP contribution is -2.18. The van der Waals surface area contributed by atoms with Gasteiger partial charge in [0.25, 0.3) is 0 Å². The Labute approximate surface area is 105 Å². The van der Waals surface area contributed by atoms with Gasteiger partial charge >= 0.3 is 0 Å². The first kappa shape index (κ1) is 12.8. The average molecular weight is 236 g/mol. The summed E-state index contributed by atoms with van der Waals surface area (Å²) in [6.07, 6.45) is 17.5. The normalized spacial score (nSPS) is 29.4. The van der Waals surface area contributed by atoms with E-state index in [0.717, 1.165) is 13.0 Å². The van der Waals surface area contributed by atoms with E-state index in [1.807, 2.05) is 18.2 Å². The van der Waals surface area contributed by atoms with Crippen LogP contribution >= 0.6 is 0 Å². The molecule has 0 radical (unpaired) electrons. The molecule has 0 saturated carbocycles. The Balaban J connectivity index is 1.45. The summed E-state index contributed by atoms with van der Waals surface area (Å²) in [6.45, 7) is 3.08. The number of hydrogen-bond donors (Lipinski definition) is 0. The summed E-state index contributed by atoms with van der Waals surface area (Å²) in [7, 11) is 0. The van der Waals surface area contributed by atoms with Crippen LogP contribution in [-0.2, 0) is 9.47 Å². The zero-order valence-corrected chi connectivity index (χ0v) is 10.9. The Bertz CT molecular complexity index is 283. The van der Waals surface area contributed by atoms with Gasteiger partial charge < -0.3 is 9.47 Å². The van der Waals surface area contributed by atoms with Crippen molar-refractivity contribution in [1.82, 2.24) is 0 Å². The molecule has 0 bridgehead atoms. The molecule has 2 rings (SSSR count). The van der Waals surface area contributed by atoms with Crippen molar-refractivity contribution in [3.63, 3.8) is 0 Å². The number of epoxide rings is 1. The number of allylic oxidation sites excluding steroid dienone is 2. The third-order valence-corrected chi connectivity index (χ3v) is 3.45. The molecule has 0 aromatic heterocycles. The van der Waals surface area contributed by atoms with Gasteiger partial charge in [-0.25, -0.2) is 0 Å². The van der Waals surface area contributed by atoms with Gasteiger partial charge in [-0.3, -0.25) is 0 Å². The van der Waals surface area contributed by atoms with E-state index >= 15 is 0 Å². The van der Waals surface area contributed by atoms with Gasteiger partial charge in [-0.15, -0.1) is 0 Å². The summed E-state index contributed by atoms with van der Waals surface area (Å²) in [5.74, 6) is -0.378. The first-order chi connectivity index (χ1) is 8.37. The Hall–Kier alpha value is -0.600. The fourth-order valence-corrected chi connectivity index (χ4v) is 2.28. The third-order valence-electron chi connectivity index (χ3n) is 3.45. The van der Waals surface area contributed by atoms with E-state index in [1.54, 1.807) is 0 Å². The standard InChI is InChI=1S/C15H24O2/c1-2-3-4-5-6-7-10-13-16-15-12-9-8-11-14(15)17-15/h8-9,11-12,14H,2-7,10,13H2,1H3. The maximum Gasteiger partial charge on any atom is 0.219 e. The molecule has 2 heteroatoms. The van der Waals surface area contributed by atoms with Crippen LogP contribution in [0.2, 0.25) is 0 Å². The zero-order valence-electron chi connectivity index (χ0n) is 10.9. The lowest BCUT2D eigenvalue weighted by molar-refractivity contribution is -0.00976. The molecule has 1 heterocycles. The molecule has 2 nitrogen and oxygen atoms in total. The van der Waals surface area contributed by atoms with E-state index in [0.29, 0.717) is 0 Å². The van der Waals surface area contributed by atoms with Crippen molar-refractivity contribution in [1.29, 1.82) is 0 Å². The maximum atomic E-state index is 5.81. The summed E-state index contributed by atoms with van der Waals surface area (Å²) in [5, 5.41) is 0. The Morgan fingerprint density at radius 1 is 1.06 bits per heavy atom. The predicted molar refractivity (Wildman–Crippen MR) is 69.8 cm³/mol. The molecule has 2 unspecified atom stereocenters. The first-order valence-electron chi connectivity index (χ1n) is 7.05. The predicted octanol–water partition coefficient (Wildman–Crippen LogP) is 3.97. The largest absolute Gasteiger partial charge is 0.344 e. The maximum absolute atomic E-state index is 5.81. The monoisotopic (exact) mass is 236 g/mol. The molecule has 2 aliphatic rings. The van der Waals surface area contributed by atoms with Gasteiger partial charge in [-0.2, -0.15) is 0 Å². The van der Waals surface area contributed by atoms with Crippen LogP contribution in [0, 0.1) is 0 Å². The molecule has 1 saturated heterocycles. The second-order valence-corrected chi connectivity index (χ2v) is 4.97. The number of rotatable bonds is 9. The van der Waals surface area contributed by atoms with Crippen molar-refractivity contribution in [2.24, 2.45) is 0 Å². The lowest BCUT2D eigenvalue weighted by Gasteiger charge is -2.10. The molecule has 0 N–H and O–H groups in total. The van der Waals surface area contributed by atoms with E-state index in [1.165, 1.54) is 38.5 Å². The van der Waals surface area contributed by atoms with Gasteiger partial charge in [0.05, 0.1) is 6.61 Å². The first-order valence-corrected chi connectivity index (χ1v) is 7.05. The summed E-state index contributed by atoms with van der Waals surface area (Å²) in [6, 6.07) is 0. The lowest BCUT2D eigenvalue weighted by atomic mass is 10.1. The molecule has 0 aromatic carbocycles. The average Bonchev–Trinajstić information content (AvgIpc) is 3.07. The third kappa shape index (κ3) is 3.68. The van der Waals surface area contributed by atoms with Crippen molar-refractivity contribution >= 4 is 0 Å². The highest BCUT2D eigenvalue weighted by Gasteiger charge is 2.55. The highest BCUT2D eigenvalue weighted by molar-refractivity contribution is 5.27. The van der Waals surface area contributed by atoms with Crippen LogP contribution in [0.3, 0.4) is 0 Å². The van der Waals surface area contributed by atoms with Crippen molar-refractivity contribution in [3.8, 4) is 0 Å². The number of ether oxygens (including phenoxy) is 2. The molecule has 2 atom stereocenters. The number of fused-ring (bicyclic) bond motifs is 1. The molecule has 1 aliphatic heterocycles. The quantitative estimate of drug-likeness (QED) is 0.446. The summed E-state index contributed by atoms with van der Waals surface area (Å²) in [5.41, 5.74) is 0. The topological polar surface area (TPSA) is 21.8 Å². The van der Waals surface area contributed by atoms with E-state index in [2.05, 4.69) is 13.0 Å². The van der Waals surface area contributed by atoms with Crippen LogP contribution in [0.25, 0.3) is 0 Å². The molecule has 17 heavy (non-hydrogen) atoms. The SMILES string of the molecule is CCCCCCCCCOC12C=CC=CC1O2. The van der Waals surface area contributed by atoms with Crippen molar-refractivity contribution in [2.75, 3.05) is 6.61 Å². The van der Waals surface area contributed by atoms with E-state index in [4.69, 9.17) is 9.47 Å². The van der Waals surface area contributed by atoms with Crippen molar-refractivity contribution in [2.45, 2.75) is 63.8 Å². The van der Waals surface area contributed by atoms with Crippen LogP contribution in [0.15, 0.2) is 24.3 Å². The van der Waals surface area contributed by atoms with Gasteiger partial charge in [0, 0.05) is 0 Å². The minimum Gasteiger partial charge on any atom is -0.344 e. The fourth-order valence-electron chi connectivity index (χ4n) is 2.28. The Kier molecular flexibility index (Phi) is 4.81. The smallest absolute Gasteiger partial charge is 0.219 e. The van der Waals surface area contributed by atoms with Crippen LogP contribution in [0.4, 0.5) is 0 Å². The molecule has 0 spiro atoms. The van der Waals surface area contributed by atoms with Gasteiger partial charge in [0.1, 0.15) is 6.10 Å². The molecule has 0 amide bonds. The van der Waals surface area contributed by atoms with Gasteiger partial charge in [-0.05, 0) is 18.6 Å². The zero-order chi connectivity index (χ0) is 12.0. The van der Waals surface area contributed by atoms with Gasteiger partial charge in [0.15, 0.2) is 0 Å². The van der Waals surface area contributed by atoms with Crippen LogP contribution in [0.5, 0.6) is 0 Å². The highest BCUT2D eigenvalue weighted by Crippen LogP contribution is 2.42. The number of hydrogen-bond acceptors (Lipinski definition) is 2. The van der Waals surface area contributed by atoms with Crippen molar-refractivity contribution in [3.05, 3.63) is 24.3 Å². The minimum atomic E-state index is -0.378. The molecular weight excluding hydrogens is 212 g/mol. The highest BCUT2D eigenvalue weighted by atomic mass is 16.8. The van der Waals surface area contributed by atoms with Crippen LogP contribution < -0.4 is 0 Å². The fraction of sp³-hybridized carbons (Fsp3) is 0.733. The second kappa shape index (κ2) is 6.36. The van der Waals surface area contributed by atoms with Crippen molar-refractivity contribution < 1.29 is 9.47 Å². The molecular formula is C15H24O2. The Morgan fingerprint density at radius 2 is 1.82 bits per heavy atom. The van der Waals surface area contributed by atoms with E-state index in [9.17, 15) is 0 Å². The van der Waals surface area contributed by atoms with E-state index in [-0.39, 0.29) is 11.9 Å². The van der Waals surface area contributed by atoms with Gasteiger partial charge in [0.2, 0.25) is 5.79 Å². The Morgan fingerprint density at radius 3 is 2.59 bits per heavy atom. The summed E-state index contributed by atoms with van der Waals surface area (Å²) < 4.78 is 11.3. The minimum absolute atomic E-state index is 0.178. The molecule has 1 aliphatic carbocycles. The summed E-state index contributed by atoms with van der Waals surface area (Å²) >= 11 is 0. The second-order valence-electron chi connectivity index (χ2n) is 4.97. The van der Waals surface area contributed by atoms with E-state index < -0.39 is 0 Å². The van der Waals surface area contributed by atoms with Crippen LogP contribution in [-0.4, -0.2) is 18.5 Å². The molecule has 96 valence electrons. The summed E-state index contributed by atoms with van der Waals surface area (Å²) in [4.78, 5) is 0. The number of unbranched alkanes of at least 4 members (excludes halogenated alkanes) is 6. The van der Waals surface area contributed by atoms with Crippen LogP contribution in [0.1, 0.15) is 51.9 Å². The molecule has 0 aromatic rings.